The largest absolute Gasteiger partial charge is 0.374 e. The molecule has 0 spiro atoms. The predicted octanol–water partition coefficient (Wildman–Crippen LogP) is 3.69. The van der Waals surface area contributed by atoms with Crippen LogP contribution < -0.4 is 10.6 Å². The highest BCUT2D eigenvalue weighted by molar-refractivity contribution is 6.30. The van der Waals surface area contributed by atoms with Gasteiger partial charge in [0.1, 0.15) is 6.04 Å². The van der Waals surface area contributed by atoms with E-state index in [1.165, 1.54) is 24.3 Å². The first-order valence-electron chi connectivity index (χ1n) is 6.53. The third-order valence-electron chi connectivity index (χ3n) is 2.97. The molecular formula is C15H14ClN3O3. The van der Waals surface area contributed by atoms with Gasteiger partial charge in [0, 0.05) is 28.5 Å². The van der Waals surface area contributed by atoms with Crippen LogP contribution >= 0.6 is 11.6 Å². The van der Waals surface area contributed by atoms with Crippen LogP contribution in [-0.4, -0.2) is 16.9 Å². The molecule has 2 aromatic carbocycles. The Morgan fingerprint density at radius 3 is 2.18 bits per heavy atom. The molecule has 0 aromatic heterocycles. The molecule has 0 aliphatic rings. The van der Waals surface area contributed by atoms with Crippen molar-refractivity contribution in [3.05, 3.63) is 63.7 Å². The van der Waals surface area contributed by atoms with Crippen molar-refractivity contribution >= 4 is 34.6 Å². The average molecular weight is 320 g/mol. The molecule has 0 aliphatic carbocycles. The fraction of sp³-hybridized carbons (Fsp3) is 0.133. The number of halogens is 1. The summed E-state index contributed by atoms with van der Waals surface area (Å²) in [5, 5.41) is 16.9. The van der Waals surface area contributed by atoms with E-state index >= 15 is 0 Å². The lowest BCUT2D eigenvalue weighted by atomic mass is 10.2. The molecule has 22 heavy (non-hydrogen) atoms. The Kier molecular flexibility index (Phi) is 4.95. The summed E-state index contributed by atoms with van der Waals surface area (Å²) in [6, 6.07) is 12.2. The number of benzene rings is 2. The molecule has 0 radical (unpaired) electrons. The second-order valence-corrected chi connectivity index (χ2v) is 5.10. The van der Waals surface area contributed by atoms with Crippen molar-refractivity contribution in [3.8, 4) is 0 Å². The van der Waals surface area contributed by atoms with Crippen molar-refractivity contribution in [2.24, 2.45) is 0 Å². The number of nitrogens with zero attached hydrogens (tertiary/aromatic N) is 1. The minimum absolute atomic E-state index is 0.0228. The van der Waals surface area contributed by atoms with Crippen LogP contribution in [0.2, 0.25) is 5.02 Å². The quantitative estimate of drug-likeness (QED) is 0.650. The summed E-state index contributed by atoms with van der Waals surface area (Å²) in [6.45, 7) is 1.72. The zero-order valence-electron chi connectivity index (χ0n) is 11.7. The van der Waals surface area contributed by atoms with E-state index in [2.05, 4.69) is 10.6 Å². The number of carbonyl (C=O) groups excluding carboxylic acids is 1. The van der Waals surface area contributed by atoms with E-state index in [4.69, 9.17) is 11.6 Å². The maximum absolute atomic E-state index is 12.1. The van der Waals surface area contributed by atoms with Crippen molar-refractivity contribution in [1.82, 2.24) is 0 Å². The van der Waals surface area contributed by atoms with E-state index in [-0.39, 0.29) is 11.6 Å². The number of rotatable bonds is 5. The number of nitro groups is 1. The van der Waals surface area contributed by atoms with Gasteiger partial charge in [0.15, 0.2) is 0 Å². The van der Waals surface area contributed by atoms with Crippen molar-refractivity contribution < 1.29 is 9.72 Å². The first-order chi connectivity index (χ1) is 10.5. The Labute approximate surface area is 132 Å². The lowest BCUT2D eigenvalue weighted by Gasteiger charge is -2.15. The average Bonchev–Trinajstić information content (AvgIpc) is 2.50. The van der Waals surface area contributed by atoms with Crippen LogP contribution in [0.4, 0.5) is 17.1 Å². The molecule has 1 unspecified atom stereocenters. The molecule has 1 amide bonds. The molecule has 0 heterocycles. The minimum atomic E-state index is -0.490. The van der Waals surface area contributed by atoms with Gasteiger partial charge in [-0.2, -0.15) is 0 Å². The molecule has 2 rings (SSSR count). The summed E-state index contributed by atoms with van der Waals surface area (Å²) in [7, 11) is 0. The highest BCUT2D eigenvalue weighted by Gasteiger charge is 2.13. The van der Waals surface area contributed by atoms with Crippen LogP contribution in [0.25, 0.3) is 0 Å². The number of hydrogen-bond donors (Lipinski definition) is 2. The summed E-state index contributed by atoms with van der Waals surface area (Å²) < 4.78 is 0. The van der Waals surface area contributed by atoms with Gasteiger partial charge in [-0.05, 0) is 43.3 Å². The molecule has 2 aromatic rings. The maximum Gasteiger partial charge on any atom is 0.269 e. The molecule has 6 nitrogen and oxygen atoms in total. The summed E-state index contributed by atoms with van der Waals surface area (Å²) in [6.07, 6.45) is 0. The number of anilines is 2. The molecule has 0 saturated carbocycles. The van der Waals surface area contributed by atoms with Crippen molar-refractivity contribution in [3.63, 3.8) is 0 Å². The number of non-ortho nitro benzene ring substituents is 1. The molecular weight excluding hydrogens is 306 g/mol. The Morgan fingerprint density at radius 1 is 1.09 bits per heavy atom. The SMILES string of the molecule is CC(Nc1ccc(Cl)cc1)C(=O)Nc1ccc([N+](=O)[O-])cc1. The third kappa shape index (κ3) is 4.20. The van der Waals surface area contributed by atoms with Gasteiger partial charge in [-0.15, -0.1) is 0 Å². The molecule has 0 aliphatic heterocycles. The number of nitro benzene ring substituents is 1. The van der Waals surface area contributed by atoms with E-state index in [0.29, 0.717) is 10.7 Å². The van der Waals surface area contributed by atoms with Crippen LogP contribution in [0.5, 0.6) is 0 Å². The second-order valence-electron chi connectivity index (χ2n) is 4.67. The van der Waals surface area contributed by atoms with E-state index < -0.39 is 11.0 Å². The van der Waals surface area contributed by atoms with Crippen LogP contribution in [0, 0.1) is 10.1 Å². The second kappa shape index (κ2) is 6.91. The summed E-state index contributed by atoms with van der Waals surface area (Å²) in [5.74, 6) is -0.246. The van der Waals surface area contributed by atoms with Gasteiger partial charge in [0.05, 0.1) is 4.92 Å². The first-order valence-corrected chi connectivity index (χ1v) is 6.91. The lowest BCUT2D eigenvalue weighted by Crippen LogP contribution is -2.31. The first kappa shape index (κ1) is 15.8. The lowest BCUT2D eigenvalue weighted by molar-refractivity contribution is -0.384. The van der Waals surface area contributed by atoms with Crippen LogP contribution in [0.3, 0.4) is 0 Å². The smallest absolute Gasteiger partial charge is 0.269 e. The zero-order chi connectivity index (χ0) is 16.1. The number of nitrogens with one attached hydrogen (secondary N) is 2. The van der Waals surface area contributed by atoms with E-state index in [1.807, 2.05) is 0 Å². The number of amides is 1. The summed E-state index contributed by atoms with van der Waals surface area (Å²) >= 11 is 5.80. The van der Waals surface area contributed by atoms with E-state index in [9.17, 15) is 14.9 Å². The van der Waals surface area contributed by atoms with E-state index in [0.717, 1.165) is 5.69 Å². The van der Waals surface area contributed by atoms with Gasteiger partial charge >= 0.3 is 0 Å². The van der Waals surface area contributed by atoms with Crippen molar-refractivity contribution in [2.45, 2.75) is 13.0 Å². The van der Waals surface area contributed by atoms with Gasteiger partial charge in [-0.3, -0.25) is 14.9 Å². The monoisotopic (exact) mass is 319 g/mol. The highest BCUT2D eigenvalue weighted by atomic mass is 35.5. The van der Waals surface area contributed by atoms with Gasteiger partial charge < -0.3 is 10.6 Å². The van der Waals surface area contributed by atoms with Crippen LogP contribution in [0.1, 0.15) is 6.92 Å². The Balaban J connectivity index is 1.95. The Bertz CT molecular complexity index is 671. The van der Waals surface area contributed by atoms with Gasteiger partial charge in [0.2, 0.25) is 5.91 Å². The van der Waals surface area contributed by atoms with E-state index in [1.54, 1.807) is 31.2 Å². The van der Waals surface area contributed by atoms with Crippen LogP contribution in [0.15, 0.2) is 48.5 Å². The molecule has 0 saturated heterocycles. The molecule has 114 valence electrons. The number of hydrogen-bond acceptors (Lipinski definition) is 4. The molecule has 0 bridgehead atoms. The molecule has 7 heteroatoms. The molecule has 0 fully saturated rings. The molecule has 2 N–H and O–H groups in total. The fourth-order valence-electron chi connectivity index (χ4n) is 1.78. The normalized spacial score (nSPS) is 11.5. The zero-order valence-corrected chi connectivity index (χ0v) is 12.5. The van der Waals surface area contributed by atoms with Crippen LogP contribution in [-0.2, 0) is 4.79 Å². The maximum atomic E-state index is 12.1. The minimum Gasteiger partial charge on any atom is -0.374 e. The van der Waals surface area contributed by atoms with Gasteiger partial charge in [-0.1, -0.05) is 11.6 Å². The number of carbonyl (C=O) groups is 1. The fourth-order valence-corrected chi connectivity index (χ4v) is 1.90. The standard InChI is InChI=1S/C15H14ClN3O3/c1-10(17-12-4-2-11(16)3-5-12)15(20)18-13-6-8-14(9-7-13)19(21)22/h2-10,17H,1H3,(H,18,20). The topological polar surface area (TPSA) is 84.3 Å². The van der Waals surface area contributed by atoms with Crippen molar-refractivity contribution in [2.75, 3.05) is 10.6 Å². The van der Waals surface area contributed by atoms with Crippen molar-refractivity contribution in [1.29, 1.82) is 0 Å². The Morgan fingerprint density at radius 2 is 1.64 bits per heavy atom. The Hall–Kier alpha value is -2.60. The van der Waals surface area contributed by atoms with Gasteiger partial charge in [0.25, 0.3) is 5.69 Å². The summed E-state index contributed by atoms with van der Waals surface area (Å²) in [4.78, 5) is 22.1. The highest BCUT2D eigenvalue weighted by Crippen LogP contribution is 2.17. The summed E-state index contributed by atoms with van der Waals surface area (Å²) in [5.41, 5.74) is 1.25. The van der Waals surface area contributed by atoms with Gasteiger partial charge in [-0.25, -0.2) is 0 Å². The third-order valence-corrected chi connectivity index (χ3v) is 3.22. The molecule has 1 atom stereocenters. The predicted molar refractivity (Wildman–Crippen MR) is 86.3 cm³/mol.